The fourth-order valence-corrected chi connectivity index (χ4v) is 3.05. The zero-order chi connectivity index (χ0) is 15.4. The van der Waals surface area contributed by atoms with E-state index in [1.165, 1.54) is 0 Å². The lowest BCUT2D eigenvalue weighted by molar-refractivity contribution is -0.121. The van der Waals surface area contributed by atoms with Crippen molar-refractivity contribution >= 4 is 23.2 Å². The number of amides is 1. The first kappa shape index (κ1) is 16.2. The molecule has 3 atom stereocenters. The zero-order valence-corrected chi connectivity index (χ0v) is 13.2. The number of aliphatic hydroxyl groups is 1. The van der Waals surface area contributed by atoms with E-state index in [2.05, 4.69) is 15.2 Å². The van der Waals surface area contributed by atoms with Gasteiger partial charge < -0.3 is 10.4 Å². The molecule has 116 valence electrons. The summed E-state index contributed by atoms with van der Waals surface area (Å²) in [5.74, 6) is -0.0950. The second-order valence-electron chi connectivity index (χ2n) is 5.63. The number of hydrogen-bond acceptors (Lipinski definition) is 4. The Labute approximate surface area is 130 Å². The molecule has 21 heavy (non-hydrogen) atoms. The van der Waals surface area contributed by atoms with Crippen LogP contribution in [0.5, 0.6) is 0 Å². The quantitative estimate of drug-likeness (QED) is 0.819. The van der Waals surface area contributed by atoms with Crippen LogP contribution in [-0.4, -0.2) is 45.6 Å². The maximum atomic E-state index is 12.4. The second kappa shape index (κ2) is 7.20. The van der Waals surface area contributed by atoms with Gasteiger partial charge in [-0.05, 0) is 51.8 Å². The first-order valence-electron chi connectivity index (χ1n) is 7.34. The van der Waals surface area contributed by atoms with E-state index >= 15 is 0 Å². The lowest BCUT2D eigenvalue weighted by atomic mass is 10.1. The number of hydrogen-bond donors (Lipinski definition) is 2. The number of nitrogens with zero attached hydrogens (tertiary/aromatic N) is 2. The van der Waals surface area contributed by atoms with Gasteiger partial charge in [-0.15, -0.1) is 0 Å². The van der Waals surface area contributed by atoms with Crippen LogP contribution in [0.15, 0.2) is 18.3 Å². The molecule has 1 saturated heterocycles. The Hall–Kier alpha value is -1.17. The molecule has 2 heterocycles. The molecule has 5 nitrogen and oxygen atoms in total. The number of halogens is 1. The normalized spacial score (nSPS) is 22.0. The van der Waals surface area contributed by atoms with Crippen LogP contribution in [0.3, 0.4) is 0 Å². The van der Waals surface area contributed by atoms with E-state index in [1.54, 1.807) is 25.3 Å². The van der Waals surface area contributed by atoms with Gasteiger partial charge in [-0.2, -0.15) is 0 Å². The fourth-order valence-electron chi connectivity index (χ4n) is 2.88. The highest BCUT2D eigenvalue weighted by Crippen LogP contribution is 2.25. The van der Waals surface area contributed by atoms with Crippen LogP contribution in [0.25, 0.3) is 0 Å². The van der Waals surface area contributed by atoms with Crippen LogP contribution in [0, 0.1) is 0 Å². The molecule has 6 heteroatoms. The Balaban J connectivity index is 2.00. The van der Waals surface area contributed by atoms with Crippen molar-refractivity contribution in [2.24, 2.45) is 0 Å². The van der Waals surface area contributed by atoms with Gasteiger partial charge in [0.15, 0.2) is 5.15 Å². The molecule has 1 aliphatic rings. The number of likely N-dealkylation sites (tertiary alicyclic amines) is 1. The van der Waals surface area contributed by atoms with Crippen molar-refractivity contribution in [1.29, 1.82) is 0 Å². The van der Waals surface area contributed by atoms with Gasteiger partial charge >= 0.3 is 0 Å². The third-order valence-electron chi connectivity index (χ3n) is 3.93. The summed E-state index contributed by atoms with van der Waals surface area (Å²) < 4.78 is 0. The van der Waals surface area contributed by atoms with E-state index in [0.29, 0.717) is 17.3 Å². The summed E-state index contributed by atoms with van der Waals surface area (Å²) in [6.45, 7) is 4.56. The summed E-state index contributed by atoms with van der Waals surface area (Å²) in [5, 5.41) is 12.7. The Morgan fingerprint density at radius 1 is 1.62 bits per heavy atom. The molecule has 2 N–H and O–H groups in total. The van der Waals surface area contributed by atoms with Crippen LogP contribution >= 0.6 is 11.6 Å². The van der Waals surface area contributed by atoms with Crippen LogP contribution < -0.4 is 5.32 Å². The van der Waals surface area contributed by atoms with Gasteiger partial charge in [0.25, 0.3) is 0 Å². The maximum Gasteiger partial charge on any atom is 0.241 e. The lowest BCUT2D eigenvalue weighted by Gasteiger charge is -2.30. The van der Waals surface area contributed by atoms with E-state index in [9.17, 15) is 9.90 Å². The molecule has 0 saturated carbocycles. The molecule has 0 aliphatic carbocycles. The van der Waals surface area contributed by atoms with Crippen molar-refractivity contribution in [3.05, 3.63) is 23.5 Å². The summed E-state index contributed by atoms with van der Waals surface area (Å²) in [4.78, 5) is 18.5. The first-order chi connectivity index (χ1) is 9.99. The fraction of sp³-hybridized carbons (Fsp3) is 0.600. The minimum Gasteiger partial charge on any atom is -0.393 e. The van der Waals surface area contributed by atoms with Gasteiger partial charge in [0.2, 0.25) is 5.91 Å². The molecule has 1 fully saturated rings. The van der Waals surface area contributed by atoms with Gasteiger partial charge in [0.1, 0.15) is 0 Å². The van der Waals surface area contributed by atoms with Gasteiger partial charge in [-0.25, -0.2) is 4.98 Å². The second-order valence-corrected chi connectivity index (χ2v) is 5.98. The predicted molar refractivity (Wildman–Crippen MR) is 83.4 cm³/mol. The third kappa shape index (κ3) is 4.15. The molecule has 1 aromatic rings. The first-order valence-corrected chi connectivity index (χ1v) is 7.72. The number of aliphatic hydroxyl groups excluding tert-OH is 1. The van der Waals surface area contributed by atoms with Crippen LogP contribution in [0.4, 0.5) is 5.69 Å². The average Bonchev–Trinajstić information content (AvgIpc) is 2.87. The minimum atomic E-state index is -0.348. The summed E-state index contributed by atoms with van der Waals surface area (Å²) in [7, 11) is 0. The third-order valence-corrected chi connectivity index (χ3v) is 4.23. The van der Waals surface area contributed by atoms with Crippen molar-refractivity contribution in [2.45, 2.75) is 51.3 Å². The van der Waals surface area contributed by atoms with Crippen molar-refractivity contribution in [1.82, 2.24) is 9.88 Å². The topological polar surface area (TPSA) is 65.5 Å². The molecular weight excluding hydrogens is 290 g/mol. The Bertz CT molecular complexity index is 496. The van der Waals surface area contributed by atoms with Crippen molar-refractivity contribution in [3.63, 3.8) is 0 Å². The van der Waals surface area contributed by atoms with Crippen LogP contribution in [-0.2, 0) is 4.79 Å². The lowest BCUT2D eigenvalue weighted by Crippen LogP contribution is -2.45. The molecule has 0 radical (unpaired) electrons. The molecule has 0 spiro atoms. The summed E-state index contributed by atoms with van der Waals surface area (Å²) >= 11 is 5.96. The SMILES string of the molecule is CC(O)CC1CCCN1C(C)C(=O)Nc1cccnc1Cl. The number of pyridine rings is 1. The zero-order valence-electron chi connectivity index (χ0n) is 12.4. The number of nitrogens with one attached hydrogen (secondary N) is 1. The number of anilines is 1. The molecule has 2 rings (SSSR count). The Kier molecular flexibility index (Phi) is 5.56. The monoisotopic (exact) mass is 311 g/mol. The smallest absolute Gasteiger partial charge is 0.241 e. The standard InChI is InChI=1S/C15H22ClN3O2/c1-10(20)9-12-5-4-8-19(12)11(2)15(21)18-13-6-3-7-17-14(13)16/h3,6-7,10-12,20H,4-5,8-9H2,1-2H3,(H,18,21). The molecule has 1 amide bonds. The van der Waals surface area contributed by atoms with Crippen LogP contribution in [0.1, 0.15) is 33.1 Å². The molecule has 0 aromatic carbocycles. The van der Waals surface area contributed by atoms with E-state index in [1.807, 2.05) is 6.92 Å². The van der Waals surface area contributed by atoms with E-state index in [4.69, 9.17) is 11.6 Å². The van der Waals surface area contributed by atoms with E-state index < -0.39 is 0 Å². The van der Waals surface area contributed by atoms with Crippen molar-refractivity contribution in [2.75, 3.05) is 11.9 Å². The van der Waals surface area contributed by atoms with Gasteiger partial charge in [-0.1, -0.05) is 11.6 Å². The Morgan fingerprint density at radius 2 is 2.38 bits per heavy atom. The highest BCUT2D eigenvalue weighted by Gasteiger charge is 2.32. The molecule has 3 unspecified atom stereocenters. The highest BCUT2D eigenvalue weighted by molar-refractivity contribution is 6.32. The number of carbonyl (C=O) groups is 1. The highest BCUT2D eigenvalue weighted by atomic mass is 35.5. The van der Waals surface area contributed by atoms with E-state index in [0.717, 1.165) is 19.4 Å². The number of carbonyl (C=O) groups excluding carboxylic acids is 1. The Morgan fingerprint density at radius 3 is 3.05 bits per heavy atom. The summed E-state index contributed by atoms with van der Waals surface area (Å²) in [6.07, 6.45) is 4.02. The minimum absolute atomic E-state index is 0.0950. The summed E-state index contributed by atoms with van der Waals surface area (Å²) in [6, 6.07) is 3.47. The molecule has 1 aromatic heterocycles. The molecular formula is C15H22ClN3O2. The summed E-state index contributed by atoms with van der Waals surface area (Å²) in [5.41, 5.74) is 0.530. The molecule has 1 aliphatic heterocycles. The van der Waals surface area contributed by atoms with Gasteiger partial charge in [0.05, 0.1) is 17.8 Å². The largest absolute Gasteiger partial charge is 0.393 e. The molecule has 0 bridgehead atoms. The van der Waals surface area contributed by atoms with E-state index in [-0.39, 0.29) is 24.1 Å². The average molecular weight is 312 g/mol. The predicted octanol–water partition coefficient (Wildman–Crippen LogP) is 2.30. The number of aromatic nitrogens is 1. The van der Waals surface area contributed by atoms with Gasteiger partial charge in [0, 0.05) is 12.2 Å². The van der Waals surface area contributed by atoms with Crippen LogP contribution in [0.2, 0.25) is 5.15 Å². The number of rotatable bonds is 5. The van der Waals surface area contributed by atoms with Crippen molar-refractivity contribution in [3.8, 4) is 0 Å². The van der Waals surface area contributed by atoms with Crippen molar-refractivity contribution < 1.29 is 9.90 Å². The maximum absolute atomic E-state index is 12.4. The van der Waals surface area contributed by atoms with Gasteiger partial charge in [-0.3, -0.25) is 9.69 Å².